The van der Waals surface area contributed by atoms with E-state index in [1.165, 1.54) is 0 Å². The molecule has 14 heavy (non-hydrogen) atoms. The van der Waals surface area contributed by atoms with Crippen LogP contribution in [0.2, 0.25) is 0 Å². The average Bonchev–Trinajstić information content (AvgIpc) is 2.17. The fourth-order valence-corrected chi connectivity index (χ4v) is 1.05. The first-order valence-corrected chi connectivity index (χ1v) is 4.94. The second-order valence-electron chi connectivity index (χ2n) is 3.34. The zero-order valence-corrected chi connectivity index (χ0v) is 9.12. The number of rotatable bonds is 5. The summed E-state index contributed by atoms with van der Waals surface area (Å²) in [6.45, 7) is 7.06. The Morgan fingerprint density at radius 2 is 2.29 bits per heavy atom. The summed E-state index contributed by atoms with van der Waals surface area (Å²) < 4.78 is 0. The Hall–Kier alpha value is -1.16. The van der Waals surface area contributed by atoms with Gasteiger partial charge in [-0.25, -0.2) is 9.97 Å². The summed E-state index contributed by atoms with van der Waals surface area (Å²) in [6.07, 6.45) is 1.77. The van der Waals surface area contributed by atoms with E-state index >= 15 is 0 Å². The number of hydrogen-bond acceptors (Lipinski definition) is 4. The van der Waals surface area contributed by atoms with Crippen molar-refractivity contribution in [3.63, 3.8) is 0 Å². The molecular weight excluding hydrogens is 176 g/mol. The summed E-state index contributed by atoms with van der Waals surface area (Å²) in [6, 6.07) is 1.89. The topological polar surface area (TPSA) is 41.0 Å². The minimum absolute atomic E-state index is 0.717. The first kappa shape index (κ1) is 10.9. The lowest BCUT2D eigenvalue weighted by molar-refractivity contribution is 0.367. The number of likely N-dealkylation sites (N-methyl/N-ethyl adjacent to an activating group) is 1. The Morgan fingerprint density at radius 3 is 2.93 bits per heavy atom. The molecule has 1 heterocycles. The molecule has 0 unspecified atom stereocenters. The van der Waals surface area contributed by atoms with Gasteiger partial charge in [0.25, 0.3) is 0 Å². The average molecular weight is 194 g/mol. The molecule has 0 amide bonds. The minimum atomic E-state index is 0.717. The van der Waals surface area contributed by atoms with Crippen molar-refractivity contribution in [2.45, 2.75) is 13.8 Å². The Labute approximate surface area is 85.4 Å². The van der Waals surface area contributed by atoms with E-state index < -0.39 is 0 Å². The second-order valence-corrected chi connectivity index (χ2v) is 3.34. The fourth-order valence-electron chi connectivity index (χ4n) is 1.05. The van der Waals surface area contributed by atoms with Crippen LogP contribution in [0.25, 0.3) is 0 Å². The highest BCUT2D eigenvalue weighted by molar-refractivity contribution is 5.24. The number of aryl methyl sites for hydroxylation is 1. The van der Waals surface area contributed by atoms with E-state index in [0.29, 0.717) is 0 Å². The molecule has 4 nitrogen and oxygen atoms in total. The monoisotopic (exact) mass is 194 g/mol. The molecule has 0 spiro atoms. The molecule has 0 aliphatic heterocycles. The summed E-state index contributed by atoms with van der Waals surface area (Å²) >= 11 is 0. The van der Waals surface area contributed by atoms with Crippen LogP contribution in [0.3, 0.4) is 0 Å². The molecule has 0 bridgehead atoms. The van der Waals surface area contributed by atoms with E-state index in [9.17, 15) is 0 Å². The van der Waals surface area contributed by atoms with Crippen molar-refractivity contribution in [2.24, 2.45) is 0 Å². The van der Waals surface area contributed by atoms with Gasteiger partial charge >= 0.3 is 0 Å². The number of hydrogen-bond donors (Lipinski definition) is 1. The van der Waals surface area contributed by atoms with Gasteiger partial charge in [0.1, 0.15) is 0 Å². The third-order valence-corrected chi connectivity index (χ3v) is 2.11. The Balaban J connectivity index is 2.31. The molecule has 0 aliphatic rings. The molecule has 4 heteroatoms. The van der Waals surface area contributed by atoms with Crippen LogP contribution < -0.4 is 5.32 Å². The lowest BCUT2D eigenvalue weighted by atomic mass is 10.4. The Morgan fingerprint density at radius 1 is 1.50 bits per heavy atom. The van der Waals surface area contributed by atoms with E-state index in [2.05, 4.69) is 34.2 Å². The maximum Gasteiger partial charge on any atom is 0.222 e. The lowest BCUT2D eigenvalue weighted by Gasteiger charge is -2.13. The van der Waals surface area contributed by atoms with E-state index in [0.717, 1.165) is 31.3 Å². The van der Waals surface area contributed by atoms with Crippen LogP contribution in [0, 0.1) is 6.92 Å². The van der Waals surface area contributed by atoms with Crippen molar-refractivity contribution in [2.75, 3.05) is 32.0 Å². The second kappa shape index (κ2) is 5.54. The Bertz CT molecular complexity index is 275. The van der Waals surface area contributed by atoms with Gasteiger partial charge in [0.2, 0.25) is 5.95 Å². The third-order valence-electron chi connectivity index (χ3n) is 2.11. The van der Waals surface area contributed by atoms with Gasteiger partial charge in [-0.3, -0.25) is 0 Å². The fraction of sp³-hybridized carbons (Fsp3) is 0.600. The summed E-state index contributed by atoms with van der Waals surface area (Å²) in [5.41, 5.74) is 0.992. The maximum absolute atomic E-state index is 4.26. The molecule has 1 N–H and O–H groups in total. The highest BCUT2D eigenvalue weighted by Gasteiger charge is 1.96. The molecular formula is C10H18N4. The van der Waals surface area contributed by atoms with Crippen molar-refractivity contribution < 1.29 is 0 Å². The van der Waals surface area contributed by atoms with Crippen molar-refractivity contribution in [3.8, 4) is 0 Å². The van der Waals surface area contributed by atoms with Gasteiger partial charge in [-0.1, -0.05) is 6.92 Å². The summed E-state index contributed by atoms with van der Waals surface area (Å²) in [5.74, 6) is 0.717. The molecule has 78 valence electrons. The van der Waals surface area contributed by atoms with Crippen molar-refractivity contribution >= 4 is 5.95 Å². The molecule has 1 rings (SSSR count). The normalized spacial score (nSPS) is 10.6. The molecule has 1 aromatic heterocycles. The highest BCUT2D eigenvalue weighted by atomic mass is 15.1. The van der Waals surface area contributed by atoms with Crippen molar-refractivity contribution in [3.05, 3.63) is 18.0 Å². The zero-order chi connectivity index (χ0) is 10.4. The van der Waals surface area contributed by atoms with Crippen LogP contribution in [0.4, 0.5) is 5.95 Å². The number of nitrogens with one attached hydrogen (secondary N) is 1. The van der Waals surface area contributed by atoms with Gasteiger partial charge in [0, 0.05) is 25.0 Å². The van der Waals surface area contributed by atoms with Gasteiger partial charge in [-0.05, 0) is 26.6 Å². The van der Waals surface area contributed by atoms with Crippen LogP contribution in [0.1, 0.15) is 12.6 Å². The van der Waals surface area contributed by atoms with Crippen molar-refractivity contribution in [1.82, 2.24) is 14.9 Å². The molecule has 0 aromatic carbocycles. The SMILES string of the molecule is CCN(C)CCNc1nccc(C)n1. The molecule has 0 atom stereocenters. The quantitative estimate of drug-likeness (QED) is 0.763. The zero-order valence-electron chi connectivity index (χ0n) is 9.12. The molecule has 0 saturated carbocycles. The van der Waals surface area contributed by atoms with E-state index in [4.69, 9.17) is 0 Å². The highest BCUT2D eigenvalue weighted by Crippen LogP contribution is 1.97. The third kappa shape index (κ3) is 3.70. The number of anilines is 1. The maximum atomic E-state index is 4.26. The number of nitrogens with zero attached hydrogens (tertiary/aromatic N) is 3. The minimum Gasteiger partial charge on any atom is -0.353 e. The number of aromatic nitrogens is 2. The van der Waals surface area contributed by atoms with Gasteiger partial charge in [-0.15, -0.1) is 0 Å². The van der Waals surface area contributed by atoms with Gasteiger partial charge in [0.05, 0.1) is 0 Å². The molecule has 0 radical (unpaired) electrons. The van der Waals surface area contributed by atoms with Crippen LogP contribution in [-0.4, -0.2) is 41.5 Å². The Kier molecular flexibility index (Phi) is 4.32. The van der Waals surface area contributed by atoms with Gasteiger partial charge < -0.3 is 10.2 Å². The first-order chi connectivity index (χ1) is 6.72. The molecule has 0 fully saturated rings. The lowest BCUT2D eigenvalue weighted by Crippen LogP contribution is -2.25. The molecule has 0 aliphatic carbocycles. The van der Waals surface area contributed by atoms with Gasteiger partial charge in [0.15, 0.2) is 0 Å². The summed E-state index contributed by atoms with van der Waals surface area (Å²) in [7, 11) is 2.10. The first-order valence-electron chi connectivity index (χ1n) is 4.94. The van der Waals surface area contributed by atoms with E-state index in [-0.39, 0.29) is 0 Å². The smallest absolute Gasteiger partial charge is 0.222 e. The van der Waals surface area contributed by atoms with Crippen molar-refractivity contribution in [1.29, 1.82) is 0 Å². The van der Waals surface area contributed by atoms with Gasteiger partial charge in [-0.2, -0.15) is 0 Å². The van der Waals surface area contributed by atoms with Crippen LogP contribution in [0.5, 0.6) is 0 Å². The predicted octanol–water partition coefficient (Wildman–Crippen LogP) is 1.15. The molecule has 1 aromatic rings. The predicted molar refractivity (Wildman–Crippen MR) is 58.4 cm³/mol. The summed E-state index contributed by atoms with van der Waals surface area (Å²) in [4.78, 5) is 10.6. The van der Waals surface area contributed by atoms with Crippen LogP contribution >= 0.6 is 0 Å². The van der Waals surface area contributed by atoms with E-state index in [1.54, 1.807) is 6.20 Å². The van der Waals surface area contributed by atoms with E-state index in [1.807, 2.05) is 13.0 Å². The van der Waals surface area contributed by atoms with Crippen LogP contribution in [0.15, 0.2) is 12.3 Å². The standard InChI is InChI=1S/C10H18N4/c1-4-14(3)8-7-12-10-11-6-5-9(2)13-10/h5-6H,4,7-8H2,1-3H3,(H,11,12,13). The summed E-state index contributed by atoms with van der Waals surface area (Å²) in [5, 5.41) is 3.19. The van der Waals surface area contributed by atoms with Crippen LogP contribution in [-0.2, 0) is 0 Å². The largest absolute Gasteiger partial charge is 0.353 e. The molecule has 0 saturated heterocycles.